The van der Waals surface area contributed by atoms with E-state index in [-0.39, 0.29) is 0 Å². The molecule has 3 aliphatic rings. The van der Waals surface area contributed by atoms with Crippen molar-refractivity contribution in [3.05, 3.63) is 262 Å². The van der Waals surface area contributed by atoms with Crippen molar-refractivity contribution < 1.29 is 44.2 Å². The number of carbonyl (C=O) groups is 3. The number of nitrogens with zero attached hydrogens (tertiary/aromatic N) is 3. The SMILES string of the molecule is CCCCCCc1cc(C#Cc2cc(C#Cc3cc(CCCCCC)c(C#Cc4ccc(OC(=O)C5=CC(C)(C)N([O])C5(C)C)cc4)cc3CCCCCC)cc(C#Cc3cc(CCCCCC)c(C#Cc4ccc(OC(=O)C5=CC(C)(C)N([O])C5(C)C)cc4)cc3CCCCCC)c2)c(CCCCCC)cc1C#Cc1ccc(OC(=O)C2=CC(C)(C)N([O])C2(C)C)cc1. The van der Waals surface area contributed by atoms with E-state index in [9.17, 15) is 30.0 Å². The Kier molecular flexibility index (Phi) is 36.4. The first-order valence-corrected chi connectivity index (χ1v) is 48.0. The Morgan fingerprint density at radius 2 is 0.419 bits per heavy atom. The lowest BCUT2D eigenvalue weighted by atomic mass is 9.91. The summed E-state index contributed by atoms with van der Waals surface area (Å²) in [7, 11) is 0. The van der Waals surface area contributed by atoms with Gasteiger partial charge in [-0.2, -0.15) is 0 Å². The molecule has 0 N–H and O–H groups in total. The van der Waals surface area contributed by atoms with E-state index in [1.54, 1.807) is 138 Å². The van der Waals surface area contributed by atoms with Crippen LogP contribution in [0.4, 0.5) is 0 Å². The summed E-state index contributed by atoms with van der Waals surface area (Å²) in [4.78, 5) is 40.8. The first-order chi connectivity index (χ1) is 61.6. The highest BCUT2D eigenvalue weighted by Gasteiger charge is 2.52. The smallest absolute Gasteiger partial charge is 0.341 e. The highest BCUT2D eigenvalue weighted by atomic mass is 16.6. The molecule has 0 atom stereocenters. The number of carbonyl (C=O) groups excluding carboxylic acids is 3. The normalized spacial score (nSPS) is 15.5. The van der Waals surface area contributed by atoms with Gasteiger partial charge in [0.05, 0.1) is 50.0 Å². The first kappa shape index (κ1) is 100. The zero-order valence-electron chi connectivity index (χ0n) is 80.6. The third-order valence-corrected chi connectivity index (χ3v) is 25.2. The largest absolute Gasteiger partial charge is 0.423 e. The molecule has 12 nitrogen and oxygen atoms in total. The fraction of sp³-hybridized carbons (Fsp3) is 0.462. The number of aryl methyl sites for hydroxylation is 6. The summed E-state index contributed by atoms with van der Waals surface area (Å²) in [5, 5.41) is 42.3. The van der Waals surface area contributed by atoms with E-state index in [1.807, 2.05) is 36.4 Å². The molecule has 0 bridgehead atoms. The van der Waals surface area contributed by atoms with E-state index in [1.165, 1.54) is 0 Å². The van der Waals surface area contributed by atoms with Crippen molar-refractivity contribution in [1.82, 2.24) is 15.2 Å². The summed E-state index contributed by atoms with van der Waals surface area (Å²) in [6.45, 7) is 34.7. The molecule has 3 aliphatic heterocycles. The molecule has 0 unspecified atom stereocenters. The molecule has 0 amide bonds. The zero-order valence-corrected chi connectivity index (χ0v) is 80.6. The number of benzene rings is 7. The second kappa shape index (κ2) is 46.7. The number of hydrogen-bond acceptors (Lipinski definition) is 9. The van der Waals surface area contributed by atoms with Crippen molar-refractivity contribution in [2.75, 3.05) is 0 Å². The predicted octanol–water partition coefficient (Wildman–Crippen LogP) is 26.0. The van der Waals surface area contributed by atoms with Crippen LogP contribution in [-0.2, 0) is 68.5 Å². The summed E-state index contributed by atoms with van der Waals surface area (Å²) >= 11 is 0. The Morgan fingerprint density at radius 1 is 0.240 bits per heavy atom. The van der Waals surface area contributed by atoms with E-state index in [2.05, 4.69) is 167 Å². The molecular weight excluding hydrogens is 1590 g/mol. The number of hydrogen-bond donors (Lipinski definition) is 0. The average Bonchev–Trinajstić information content (AvgIpc) is 1.61. The Labute approximate surface area is 773 Å². The molecule has 0 aliphatic carbocycles. The minimum Gasteiger partial charge on any atom is -0.423 e. The Balaban J connectivity index is 1.09. The number of hydroxylamine groups is 6. The molecule has 10 rings (SSSR count). The summed E-state index contributed by atoms with van der Waals surface area (Å²) in [6.07, 6.45) is 36.3. The molecule has 3 heterocycles. The monoisotopic (exact) mass is 1730 g/mol. The van der Waals surface area contributed by atoms with Gasteiger partial charge >= 0.3 is 17.9 Å². The van der Waals surface area contributed by atoms with E-state index < -0.39 is 51.1 Å². The minimum atomic E-state index is -1.04. The second-order valence-corrected chi connectivity index (χ2v) is 38.6. The van der Waals surface area contributed by atoms with Gasteiger partial charge in [-0.1, -0.05) is 228 Å². The molecule has 0 saturated heterocycles. The Bertz CT molecular complexity index is 5050. The van der Waals surface area contributed by atoms with E-state index in [4.69, 9.17) is 14.2 Å². The van der Waals surface area contributed by atoms with Crippen LogP contribution in [0.1, 0.15) is 379 Å². The van der Waals surface area contributed by atoms with Crippen molar-refractivity contribution in [3.63, 3.8) is 0 Å². The lowest BCUT2D eigenvalue weighted by Gasteiger charge is -2.33. The van der Waals surface area contributed by atoms with E-state index in [0.717, 1.165) is 308 Å². The van der Waals surface area contributed by atoms with Gasteiger partial charge in [-0.3, -0.25) is 0 Å². The molecule has 3 radical (unpaired) electrons. The maximum absolute atomic E-state index is 13.6. The number of rotatable bonds is 36. The third kappa shape index (κ3) is 27.5. The van der Waals surface area contributed by atoms with Crippen molar-refractivity contribution in [2.24, 2.45) is 0 Å². The molecule has 0 fully saturated rings. The third-order valence-electron chi connectivity index (χ3n) is 25.2. The molecule has 0 spiro atoms. The molecule has 129 heavy (non-hydrogen) atoms. The van der Waals surface area contributed by atoms with E-state index in [0.29, 0.717) is 34.0 Å². The Hall–Kier alpha value is -10.7. The summed E-state index contributed by atoms with van der Waals surface area (Å²) < 4.78 is 17.6. The lowest BCUT2D eigenvalue weighted by Crippen LogP contribution is -2.47. The highest BCUT2D eigenvalue weighted by molar-refractivity contribution is 5.95. The molecule has 7 aromatic rings. The van der Waals surface area contributed by atoms with Gasteiger partial charge in [-0.15, -0.1) is 30.8 Å². The van der Waals surface area contributed by atoms with Crippen LogP contribution in [0.2, 0.25) is 0 Å². The first-order valence-electron chi connectivity index (χ1n) is 48.0. The maximum atomic E-state index is 13.6. The van der Waals surface area contributed by atoms with Crippen molar-refractivity contribution >= 4 is 17.9 Å². The van der Waals surface area contributed by atoms with Crippen LogP contribution in [0.5, 0.6) is 17.2 Å². The van der Waals surface area contributed by atoms with Crippen LogP contribution in [0, 0.1) is 71.0 Å². The van der Waals surface area contributed by atoms with Crippen LogP contribution >= 0.6 is 0 Å². The highest BCUT2D eigenvalue weighted by Crippen LogP contribution is 2.43. The van der Waals surface area contributed by atoms with Crippen LogP contribution in [0.25, 0.3) is 0 Å². The quantitative estimate of drug-likeness (QED) is 0.0162. The van der Waals surface area contributed by atoms with Crippen molar-refractivity contribution in [2.45, 2.75) is 350 Å². The van der Waals surface area contributed by atoms with Gasteiger partial charge in [0.2, 0.25) is 0 Å². The molecule has 0 saturated carbocycles. The van der Waals surface area contributed by atoms with Gasteiger partial charge < -0.3 is 14.2 Å². The summed E-state index contributed by atoms with van der Waals surface area (Å²) in [6, 6.07) is 42.0. The van der Waals surface area contributed by atoms with Crippen LogP contribution < -0.4 is 14.2 Å². The van der Waals surface area contributed by atoms with Crippen molar-refractivity contribution in [3.8, 4) is 88.3 Å². The maximum Gasteiger partial charge on any atom is 0.341 e. The molecule has 675 valence electrons. The summed E-state index contributed by atoms with van der Waals surface area (Å²) in [5.74, 6) is 43.4. The Morgan fingerprint density at radius 3 is 0.581 bits per heavy atom. The van der Waals surface area contributed by atoms with E-state index >= 15 is 0 Å². The minimum absolute atomic E-state index is 0.333. The van der Waals surface area contributed by atoms with Crippen LogP contribution in [-0.4, -0.2) is 66.3 Å². The average molecular weight is 1730 g/mol. The van der Waals surface area contributed by atoms with Crippen LogP contribution in [0.15, 0.2) is 162 Å². The van der Waals surface area contributed by atoms with Gasteiger partial charge in [0.15, 0.2) is 0 Å². The molecule has 0 aromatic heterocycles. The van der Waals surface area contributed by atoms with Gasteiger partial charge in [-0.05, 0) is 339 Å². The fourth-order valence-electron chi connectivity index (χ4n) is 17.6. The van der Waals surface area contributed by atoms with Crippen molar-refractivity contribution in [1.29, 1.82) is 0 Å². The fourth-order valence-corrected chi connectivity index (χ4v) is 17.6. The lowest BCUT2D eigenvalue weighted by molar-refractivity contribution is -0.238. The number of unbranched alkanes of at least 4 members (excludes halogenated alkanes) is 18. The van der Waals surface area contributed by atoms with Gasteiger partial charge in [0.25, 0.3) is 0 Å². The van der Waals surface area contributed by atoms with Gasteiger partial charge in [-0.25, -0.2) is 14.4 Å². The molecule has 7 aromatic carbocycles. The molecule has 12 heteroatoms. The van der Waals surface area contributed by atoms with Gasteiger partial charge in [0.1, 0.15) is 17.2 Å². The summed E-state index contributed by atoms with van der Waals surface area (Å²) in [5.41, 5.74) is 12.9. The number of ether oxygens (including phenoxy) is 3. The second-order valence-electron chi connectivity index (χ2n) is 38.6. The number of esters is 3. The standard InChI is InChI=1S/C117H138N3O9/c1-19-25-31-37-43-91-79-100(94(46-40-34-28-22-4)76-97(91)61-49-85-55-67-103(68-56-85)127-109(121)106-82-112(7,8)118(124)115(106,13)14)64-52-88-73-89(53-65-101-80-92(44-38-32-26-20-2)98(77-95(101)47-41-35-29-23-5)62-50-86-57-69-104(70-58-86)128-110(122)107-83-113(9,10)119(125)116(107,15)16)75-90(74-88)54-66-102-81-93(45-39-33-27-21-3)99(78-96(102)48-42-36-30-24-6)63-51-87-59-71-105(72-60-87)129-111(123)108-84-114(11,12)120(126)117(108,17)18/h55-60,67-84H,19-48H2,1-18H3. The predicted molar refractivity (Wildman–Crippen MR) is 521 cm³/mol. The topological polar surface area (TPSA) is 148 Å². The van der Waals surface area contributed by atoms with Gasteiger partial charge in [0, 0.05) is 66.8 Å². The molecular formula is C117H138N3O9. The van der Waals surface area contributed by atoms with Crippen LogP contribution in [0.3, 0.4) is 0 Å². The zero-order chi connectivity index (χ0) is 93.1.